The van der Waals surface area contributed by atoms with E-state index in [0.29, 0.717) is 12.1 Å². The highest BCUT2D eigenvalue weighted by Gasteiger charge is 2.13. The minimum Gasteiger partial charge on any atom is -0.508 e. The van der Waals surface area contributed by atoms with Crippen LogP contribution in [0.2, 0.25) is 0 Å². The van der Waals surface area contributed by atoms with Gasteiger partial charge in [0.15, 0.2) is 5.78 Å². The Labute approximate surface area is 153 Å². The van der Waals surface area contributed by atoms with Gasteiger partial charge in [0.1, 0.15) is 11.5 Å². The van der Waals surface area contributed by atoms with Crippen molar-refractivity contribution >= 4 is 11.9 Å². The highest BCUT2D eigenvalue weighted by Crippen LogP contribution is 2.22. The molecule has 0 aromatic heterocycles. The molecule has 3 rings (SSSR count). The lowest BCUT2D eigenvalue weighted by Crippen LogP contribution is -2.35. The third-order valence-corrected chi connectivity index (χ3v) is 4.40. The van der Waals surface area contributed by atoms with Crippen LogP contribution in [0.5, 0.6) is 11.5 Å². The van der Waals surface area contributed by atoms with Crippen LogP contribution in [0.3, 0.4) is 0 Å². The van der Waals surface area contributed by atoms with Gasteiger partial charge in [0.2, 0.25) is 0 Å². The number of phenolic OH excluding ortho intramolecular Hbond substituents is 1. The van der Waals surface area contributed by atoms with Crippen molar-refractivity contribution in [3.8, 4) is 11.5 Å². The van der Waals surface area contributed by atoms with Crippen LogP contribution in [0.15, 0.2) is 48.5 Å². The van der Waals surface area contributed by atoms with Crippen LogP contribution in [0.4, 0.5) is 0 Å². The van der Waals surface area contributed by atoms with Crippen LogP contribution in [-0.2, 0) is 11.3 Å². The summed E-state index contributed by atoms with van der Waals surface area (Å²) in [5.74, 6) is 0.919. The molecule has 136 valence electrons. The van der Waals surface area contributed by atoms with E-state index >= 15 is 0 Å². The molecule has 0 radical (unpaired) electrons. The monoisotopic (exact) mass is 353 g/mol. The second-order valence-corrected chi connectivity index (χ2v) is 6.20. The molecule has 26 heavy (non-hydrogen) atoms. The van der Waals surface area contributed by atoms with Crippen molar-refractivity contribution in [2.24, 2.45) is 0 Å². The number of hydrogen-bond donors (Lipinski definition) is 1. The van der Waals surface area contributed by atoms with E-state index in [2.05, 4.69) is 4.90 Å². The first-order valence-corrected chi connectivity index (χ1v) is 8.64. The van der Waals surface area contributed by atoms with Gasteiger partial charge in [0.05, 0.1) is 20.3 Å². The molecule has 0 spiro atoms. The van der Waals surface area contributed by atoms with Crippen molar-refractivity contribution in [3.05, 3.63) is 65.2 Å². The number of hydrogen-bond acceptors (Lipinski definition) is 5. The Bertz CT molecular complexity index is 777. The van der Waals surface area contributed by atoms with Gasteiger partial charge in [-0.2, -0.15) is 0 Å². The lowest BCUT2D eigenvalue weighted by molar-refractivity contribution is 0.0339. The van der Waals surface area contributed by atoms with Gasteiger partial charge in [-0.25, -0.2) is 0 Å². The van der Waals surface area contributed by atoms with Gasteiger partial charge in [0.25, 0.3) is 0 Å². The third-order valence-electron chi connectivity index (χ3n) is 4.40. The molecule has 1 saturated heterocycles. The van der Waals surface area contributed by atoms with Crippen molar-refractivity contribution in [2.45, 2.75) is 6.54 Å². The molecule has 0 saturated carbocycles. The van der Waals surface area contributed by atoms with E-state index in [1.165, 1.54) is 0 Å². The average molecular weight is 353 g/mol. The molecular weight excluding hydrogens is 330 g/mol. The molecule has 0 aliphatic carbocycles. The highest BCUT2D eigenvalue weighted by atomic mass is 16.5. The van der Waals surface area contributed by atoms with E-state index in [4.69, 9.17) is 9.47 Å². The number of carbonyl (C=O) groups excluding carboxylic acids is 1. The Morgan fingerprint density at radius 2 is 1.92 bits per heavy atom. The maximum absolute atomic E-state index is 12.3. The number of methoxy groups -OCH3 is 1. The Morgan fingerprint density at radius 3 is 2.62 bits per heavy atom. The van der Waals surface area contributed by atoms with E-state index in [1.807, 2.05) is 6.07 Å². The van der Waals surface area contributed by atoms with Gasteiger partial charge in [-0.3, -0.25) is 9.69 Å². The molecule has 0 amide bonds. The molecule has 1 N–H and O–H groups in total. The fourth-order valence-corrected chi connectivity index (χ4v) is 2.86. The predicted molar refractivity (Wildman–Crippen MR) is 101 cm³/mol. The summed E-state index contributed by atoms with van der Waals surface area (Å²) in [4.78, 5) is 14.5. The van der Waals surface area contributed by atoms with Gasteiger partial charge in [-0.15, -0.1) is 0 Å². The first-order valence-electron chi connectivity index (χ1n) is 8.64. The number of phenols is 1. The van der Waals surface area contributed by atoms with E-state index in [1.54, 1.807) is 55.7 Å². The van der Waals surface area contributed by atoms with Gasteiger partial charge < -0.3 is 14.6 Å². The molecule has 2 aromatic rings. The van der Waals surface area contributed by atoms with E-state index in [-0.39, 0.29) is 11.5 Å². The Hall–Kier alpha value is -2.63. The van der Waals surface area contributed by atoms with Crippen LogP contribution in [0.1, 0.15) is 21.5 Å². The van der Waals surface area contributed by atoms with E-state index < -0.39 is 0 Å². The van der Waals surface area contributed by atoms with E-state index in [0.717, 1.165) is 43.2 Å². The second kappa shape index (κ2) is 8.65. The standard InChI is InChI=1S/C21H23NO4/c1-25-19-6-4-17(5-7-19)20(23)8-2-16-3-9-21(24)18(14-16)15-22-10-12-26-13-11-22/h2-9,14,24H,10-13,15H2,1H3. The number of benzene rings is 2. The van der Waals surface area contributed by atoms with Crippen molar-refractivity contribution in [1.82, 2.24) is 4.90 Å². The molecule has 5 heteroatoms. The molecule has 2 aromatic carbocycles. The van der Waals surface area contributed by atoms with Gasteiger partial charge in [-0.05, 0) is 48.0 Å². The largest absolute Gasteiger partial charge is 0.508 e. The fraction of sp³-hybridized carbons (Fsp3) is 0.286. The van der Waals surface area contributed by atoms with Crippen molar-refractivity contribution < 1.29 is 19.4 Å². The zero-order chi connectivity index (χ0) is 18.4. The Balaban J connectivity index is 1.69. The molecule has 1 aliphatic heterocycles. The summed E-state index contributed by atoms with van der Waals surface area (Å²) in [6, 6.07) is 12.4. The van der Waals surface area contributed by atoms with Crippen LogP contribution >= 0.6 is 0 Å². The fourth-order valence-electron chi connectivity index (χ4n) is 2.86. The quantitative estimate of drug-likeness (QED) is 0.639. The number of allylic oxidation sites excluding steroid dienone is 1. The zero-order valence-corrected chi connectivity index (χ0v) is 14.9. The van der Waals surface area contributed by atoms with Gasteiger partial charge >= 0.3 is 0 Å². The Morgan fingerprint density at radius 1 is 1.19 bits per heavy atom. The normalized spacial score (nSPS) is 15.3. The summed E-state index contributed by atoms with van der Waals surface area (Å²) in [6.45, 7) is 3.82. The number of ketones is 1. The maximum atomic E-state index is 12.3. The van der Waals surface area contributed by atoms with Crippen molar-refractivity contribution in [1.29, 1.82) is 0 Å². The summed E-state index contributed by atoms with van der Waals surface area (Å²) in [5, 5.41) is 10.1. The first kappa shape index (κ1) is 18.2. The summed E-state index contributed by atoms with van der Waals surface area (Å²) in [6.07, 6.45) is 3.32. The minimum atomic E-state index is -0.0737. The molecule has 5 nitrogen and oxygen atoms in total. The van der Waals surface area contributed by atoms with Crippen LogP contribution in [-0.4, -0.2) is 49.2 Å². The predicted octanol–water partition coefficient (Wildman–Crippen LogP) is 3.13. The molecule has 1 aliphatic rings. The summed E-state index contributed by atoms with van der Waals surface area (Å²) in [5.41, 5.74) is 2.34. The van der Waals surface area contributed by atoms with E-state index in [9.17, 15) is 9.90 Å². The minimum absolute atomic E-state index is 0.0737. The van der Waals surface area contributed by atoms with Crippen molar-refractivity contribution in [3.63, 3.8) is 0 Å². The second-order valence-electron chi connectivity index (χ2n) is 6.20. The molecular formula is C21H23NO4. The summed E-state index contributed by atoms with van der Waals surface area (Å²) >= 11 is 0. The number of ether oxygens (including phenoxy) is 2. The number of aromatic hydroxyl groups is 1. The summed E-state index contributed by atoms with van der Waals surface area (Å²) in [7, 11) is 1.59. The van der Waals surface area contributed by atoms with Crippen LogP contribution in [0.25, 0.3) is 6.08 Å². The number of carbonyl (C=O) groups is 1. The van der Waals surface area contributed by atoms with Crippen LogP contribution in [0, 0.1) is 0 Å². The number of nitrogens with zero attached hydrogens (tertiary/aromatic N) is 1. The van der Waals surface area contributed by atoms with Gasteiger partial charge in [0, 0.05) is 30.8 Å². The SMILES string of the molecule is COc1ccc(C(=O)C=Cc2ccc(O)c(CN3CCOCC3)c2)cc1. The zero-order valence-electron chi connectivity index (χ0n) is 14.9. The number of morpholine rings is 1. The smallest absolute Gasteiger partial charge is 0.185 e. The third kappa shape index (κ3) is 4.71. The topological polar surface area (TPSA) is 59.0 Å². The highest BCUT2D eigenvalue weighted by molar-refractivity contribution is 6.06. The van der Waals surface area contributed by atoms with Crippen molar-refractivity contribution in [2.75, 3.05) is 33.4 Å². The average Bonchev–Trinajstić information content (AvgIpc) is 2.69. The summed E-state index contributed by atoms with van der Waals surface area (Å²) < 4.78 is 10.5. The lowest BCUT2D eigenvalue weighted by atomic mass is 10.1. The maximum Gasteiger partial charge on any atom is 0.185 e. The van der Waals surface area contributed by atoms with Gasteiger partial charge in [-0.1, -0.05) is 12.1 Å². The molecule has 0 bridgehead atoms. The molecule has 1 heterocycles. The molecule has 0 unspecified atom stereocenters. The molecule has 0 atom stereocenters. The Kier molecular flexibility index (Phi) is 6.04. The lowest BCUT2D eigenvalue weighted by Gasteiger charge is -2.26. The molecule has 1 fully saturated rings. The number of rotatable bonds is 6. The first-order chi connectivity index (χ1) is 12.7. The van der Waals surface area contributed by atoms with Crippen LogP contribution < -0.4 is 4.74 Å².